The summed E-state index contributed by atoms with van der Waals surface area (Å²) in [7, 11) is 0. The van der Waals surface area contributed by atoms with Crippen molar-refractivity contribution in [2.24, 2.45) is 0 Å². The maximum atomic E-state index is 3.49. The summed E-state index contributed by atoms with van der Waals surface area (Å²) in [6.07, 6.45) is 2.11. The highest BCUT2D eigenvalue weighted by molar-refractivity contribution is 9.09. The zero-order valence-electron chi connectivity index (χ0n) is 7.38. The van der Waals surface area contributed by atoms with Gasteiger partial charge in [-0.3, -0.25) is 0 Å². The smallest absolute Gasteiger partial charge is 0.00975 e. The van der Waals surface area contributed by atoms with E-state index in [1.54, 1.807) is 11.8 Å². The zero-order valence-corrected chi connectivity index (χ0v) is 9.78. The molecule has 1 aromatic carbocycles. The Morgan fingerprint density at radius 3 is 2.83 bits per heavy atom. The standard InChI is InChI=1S/C10H13BrS/c1-8(7-11)9-4-3-5-10(6-9)12-2/h3-6,8H,7H2,1-2H3. The fraction of sp³-hybridized carbons (Fsp3) is 0.400. The summed E-state index contributed by atoms with van der Waals surface area (Å²) in [5.74, 6) is 0.608. The van der Waals surface area contributed by atoms with Crippen molar-refractivity contribution in [3.05, 3.63) is 29.8 Å². The maximum Gasteiger partial charge on any atom is 0.00975 e. The summed E-state index contributed by atoms with van der Waals surface area (Å²) in [6, 6.07) is 8.72. The molecule has 0 aromatic heterocycles. The first-order valence-electron chi connectivity index (χ1n) is 3.98. The molecular formula is C10H13BrS. The van der Waals surface area contributed by atoms with Gasteiger partial charge in [-0.15, -0.1) is 11.8 Å². The van der Waals surface area contributed by atoms with E-state index in [1.165, 1.54) is 10.5 Å². The largest absolute Gasteiger partial charge is 0.130 e. The SMILES string of the molecule is CSc1cccc(C(C)CBr)c1. The van der Waals surface area contributed by atoms with Crippen molar-refractivity contribution in [1.82, 2.24) is 0 Å². The maximum absolute atomic E-state index is 3.49. The first kappa shape index (κ1) is 10.1. The van der Waals surface area contributed by atoms with Crippen molar-refractivity contribution in [3.8, 4) is 0 Å². The van der Waals surface area contributed by atoms with Gasteiger partial charge in [0, 0.05) is 10.2 Å². The lowest BCUT2D eigenvalue weighted by molar-refractivity contribution is 0.883. The first-order valence-corrected chi connectivity index (χ1v) is 6.32. The molecule has 1 rings (SSSR count). The average molecular weight is 245 g/mol. The van der Waals surface area contributed by atoms with E-state index >= 15 is 0 Å². The highest BCUT2D eigenvalue weighted by Gasteiger charge is 2.02. The molecule has 2 heteroatoms. The third-order valence-corrected chi connectivity index (χ3v) is 3.59. The molecule has 0 aliphatic carbocycles. The lowest BCUT2D eigenvalue weighted by Crippen LogP contribution is -1.93. The molecule has 0 nitrogen and oxygen atoms in total. The fourth-order valence-electron chi connectivity index (χ4n) is 1.04. The van der Waals surface area contributed by atoms with Crippen LogP contribution in [-0.2, 0) is 0 Å². The molecule has 0 N–H and O–H groups in total. The van der Waals surface area contributed by atoms with Gasteiger partial charge in [-0.2, -0.15) is 0 Å². The van der Waals surface area contributed by atoms with Crippen LogP contribution in [0.4, 0.5) is 0 Å². The van der Waals surface area contributed by atoms with Gasteiger partial charge < -0.3 is 0 Å². The van der Waals surface area contributed by atoms with Crippen LogP contribution in [0.5, 0.6) is 0 Å². The van der Waals surface area contributed by atoms with E-state index in [2.05, 4.69) is 53.4 Å². The zero-order chi connectivity index (χ0) is 8.97. The Labute approximate surface area is 86.9 Å². The summed E-state index contributed by atoms with van der Waals surface area (Å²) in [4.78, 5) is 1.35. The minimum atomic E-state index is 0.608. The van der Waals surface area contributed by atoms with E-state index in [9.17, 15) is 0 Å². The van der Waals surface area contributed by atoms with E-state index in [1.807, 2.05) is 0 Å². The molecule has 0 radical (unpaired) electrons. The number of halogens is 1. The van der Waals surface area contributed by atoms with Gasteiger partial charge in [-0.25, -0.2) is 0 Å². The van der Waals surface area contributed by atoms with Crippen molar-refractivity contribution in [2.75, 3.05) is 11.6 Å². The Morgan fingerprint density at radius 2 is 2.25 bits per heavy atom. The molecule has 0 aliphatic heterocycles. The Hall–Kier alpha value is 0.0500. The molecule has 1 unspecified atom stereocenters. The van der Waals surface area contributed by atoms with Gasteiger partial charge in [0.05, 0.1) is 0 Å². The summed E-state index contributed by atoms with van der Waals surface area (Å²) in [5.41, 5.74) is 1.42. The molecule has 66 valence electrons. The second kappa shape index (κ2) is 4.93. The number of rotatable bonds is 3. The Morgan fingerprint density at radius 1 is 1.50 bits per heavy atom. The number of hydrogen-bond acceptors (Lipinski definition) is 1. The van der Waals surface area contributed by atoms with Gasteiger partial charge in [0.15, 0.2) is 0 Å². The summed E-state index contributed by atoms with van der Waals surface area (Å²) >= 11 is 5.29. The fourth-order valence-corrected chi connectivity index (χ4v) is 1.88. The highest BCUT2D eigenvalue weighted by Crippen LogP contribution is 2.22. The van der Waals surface area contributed by atoms with E-state index in [0.29, 0.717) is 5.92 Å². The van der Waals surface area contributed by atoms with Crippen molar-refractivity contribution in [2.45, 2.75) is 17.7 Å². The quantitative estimate of drug-likeness (QED) is 0.574. The Bertz CT molecular complexity index is 247. The van der Waals surface area contributed by atoms with Crippen LogP contribution in [0.3, 0.4) is 0 Å². The van der Waals surface area contributed by atoms with Gasteiger partial charge >= 0.3 is 0 Å². The average Bonchev–Trinajstić information content (AvgIpc) is 2.17. The predicted octanol–water partition coefficient (Wildman–Crippen LogP) is 3.91. The van der Waals surface area contributed by atoms with Crippen LogP contribution in [0.15, 0.2) is 29.2 Å². The van der Waals surface area contributed by atoms with Gasteiger partial charge in [0.2, 0.25) is 0 Å². The summed E-state index contributed by atoms with van der Waals surface area (Å²) in [6.45, 7) is 2.23. The van der Waals surface area contributed by atoms with Crippen molar-refractivity contribution in [1.29, 1.82) is 0 Å². The number of benzene rings is 1. The first-order chi connectivity index (χ1) is 5.77. The predicted molar refractivity (Wildman–Crippen MR) is 60.4 cm³/mol. The molecule has 0 fully saturated rings. The molecule has 0 amide bonds. The second-order valence-electron chi connectivity index (χ2n) is 2.83. The van der Waals surface area contributed by atoms with Crippen molar-refractivity contribution in [3.63, 3.8) is 0 Å². The molecule has 0 aliphatic rings. The normalized spacial score (nSPS) is 12.9. The summed E-state index contributed by atoms with van der Waals surface area (Å²) < 4.78 is 0. The molecule has 1 aromatic rings. The minimum absolute atomic E-state index is 0.608. The number of thioether (sulfide) groups is 1. The Kier molecular flexibility index (Phi) is 4.16. The number of hydrogen-bond donors (Lipinski definition) is 0. The van der Waals surface area contributed by atoms with Crippen LogP contribution in [0.2, 0.25) is 0 Å². The van der Waals surface area contributed by atoms with Crippen LogP contribution in [-0.4, -0.2) is 11.6 Å². The van der Waals surface area contributed by atoms with Crippen LogP contribution in [0.25, 0.3) is 0 Å². The van der Waals surface area contributed by atoms with E-state index < -0.39 is 0 Å². The van der Waals surface area contributed by atoms with Gasteiger partial charge in [0.25, 0.3) is 0 Å². The molecule has 0 spiro atoms. The molecule has 12 heavy (non-hydrogen) atoms. The van der Waals surface area contributed by atoms with E-state index in [-0.39, 0.29) is 0 Å². The lowest BCUT2D eigenvalue weighted by Gasteiger charge is -2.08. The monoisotopic (exact) mass is 244 g/mol. The topological polar surface area (TPSA) is 0 Å². The third kappa shape index (κ3) is 2.53. The van der Waals surface area contributed by atoms with Crippen LogP contribution in [0, 0.1) is 0 Å². The molecular weight excluding hydrogens is 232 g/mol. The van der Waals surface area contributed by atoms with Gasteiger partial charge in [-0.1, -0.05) is 35.0 Å². The molecule has 0 saturated heterocycles. The van der Waals surface area contributed by atoms with Crippen LogP contribution < -0.4 is 0 Å². The van der Waals surface area contributed by atoms with Crippen molar-refractivity contribution >= 4 is 27.7 Å². The minimum Gasteiger partial charge on any atom is -0.130 e. The number of alkyl halides is 1. The van der Waals surface area contributed by atoms with E-state index in [0.717, 1.165) is 5.33 Å². The van der Waals surface area contributed by atoms with Crippen LogP contribution >= 0.6 is 27.7 Å². The summed E-state index contributed by atoms with van der Waals surface area (Å²) in [5, 5.41) is 1.03. The van der Waals surface area contributed by atoms with Crippen LogP contribution in [0.1, 0.15) is 18.4 Å². The van der Waals surface area contributed by atoms with E-state index in [4.69, 9.17) is 0 Å². The van der Waals surface area contributed by atoms with Gasteiger partial charge in [-0.05, 0) is 29.9 Å². The van der Waals surface area contributed by atoms with Crippen molar-refractivity contribution < 1.29 is 0 Å². The van der Waals surface area contributed by atoms with Gasteiger partial charge in [0.1, 0.15) is 0 Å². The Balaban J connectivity index is 2.86. The molecule has 0 bridgehead atoms. The highest BCUT2D eigenvalue weighted by atomic mass is 79.9. The second-order valence-corrected chi connectivity index (χ2v) is 4.36. The molecule has 0 heterocycles. The third-order valence-electron chi connectivity index (χ3n) is 1.89. The lowest BCUT2D eigenvalue weighted by atomic mass is 10.0. The molecule has 1 atom stereocenters. The molecule has 0 saturated carbocycles.